The second-order valence-corrected chi connectivity index (χ2v) is 10.4. The van der Waals surface area contributed by atoms with Crippen molar-refractivity contribution in [2.24, 2.45) is 22.2 Å². The topological polar surface area (TPSA) is 283 Å². The first-order valence-corrected chi connectivity index (χ1v) is 15.1. The molecular weight excluding hydrogens is 696 g/mol. The normalized spacial score (nSPS) is 11.9. The quantitative estimate of drug-likeness (QED) is 0.0354. The Morgan fingerprint density at radius 2 is 1.58 bits per heavy atom. The maximum absolute atomic E-state index is 14.7. The fourth-order valence-electron chi connectivity index (χ4n) is 4.08. The second-order valence-electron chi connectivity index (χ2n) is 10.4. The molecular formula is C34H39F2N11O6. The number of benzene rings is 2. The largest absolute Gasteiger partial charge is 0.513 e. The molecule has 0 spiro atoms. The van der Waals surface area contributed by atoms with Crippen LogP contribution in [0.2, 0.25) is 0 Å². The fraction of sp³-hybridized carbons (Fsp3) is 0.118. The molecule has 0 atom stereocenters. The van der Waals surface area contributed by atoms with Crippen LogP contribution in [0.3, 0.4) is 0 Å². The van der Waals surface area contributed by atoms with Gasteiger partial charge >= 0.3 is 11.9 Å². The molecule has 0 aliphatic carbocycles. The first-order chi connectivity index (χ1) is 25.2. The number of aromatic carboxylic acids is 2. The molecule has 2 aromatic carbocycles. The highest BCUT2D eigenvalue weighted by molar-refractivity contribution is 6.07. The summed E-state index contributed by atoms with van der Waals surface area (Å²) in [6.07, 6.45) is 13.5. The standard InChI is InChI=1S/C25H25F2N7O5.C9H14N4O/c1-30-20-6-13(17(26)8-15(20)24(36)37)10-32-11-14-7-21(16(25(38)39)9-18(14)27)33-23(35)19(28)2-3-22(29)34-5-4-31-12-34;1-3-13(7-12-2)9(11)5-4-8(10)6-14/h2-9,12,30,32H,10-11,28-29H2,1H3,(H,33,35)(H,36,37)(H,38,39);3-7,11,14H,1,10H2,2H3/b19-2-,22-3+;5-4-,8-6-,11-9?,12-7?. The lowest BCUT2D eigenvalue weighted by Gasteiger charge is -2.14. The average Bonchev–Trinajstić information content (AvgIpc) is 3.68. The van der Waals surface area contributed by atoms with Gasteiger partial charge in [-0.1, -0.05) is 6.58 Å². The van der Waals surface area contributed by atoms with Crippen LogP contribution in [0, 0.1) is 17.0 Å². The van der Waals surface area contributed by atoms with E-state index in [1.165, 1.54) is 71.9 Å². The van der Waals surface area contributed by atoms with Gasteiger partial charge in [0.05, 0.1) is 34.5 Å². The van der Waals surface area contributed by atoms with Gasteiger partial charge in [-0.2, -0.15) is 0 Å². The van der Waals surface area contributed by atoms with Gasteiger partial charge in [0.1, 0.15) is 35.9 Å². The summed E-state index contributed by atoms with van der Waals surface area (Å²) >= 11 is 0. The lowest BCUT2D eigenvalue weighted by atomic mass is 10.1. The summed E-state index contributed by atoms with van der Waals surface area (Å²) in [5.74, 6) is -4.96. The average molecular weight is 736 g/mol. The highest BCUT2D eigenvalue weighted by atomic mass is 19.1. The van der Waals surface area contributed by atoms with Crippen molar-refractivity contribution < 1.29 is 38.5 Å². The number of hydrogen-bond donors (Lipinski definition) is 10. The molecule has 17 nitrogen and oxygen atoms in total. The molecule has 0 fully saturated rings. The molecule has 53 heavy (non-hydrogen) atoms. The summed E-state index contributed by atoms with van der Waals surface area (Å²) in [5.41, 5.74) is 16.1. The van der Waals surface area contributed by atoms with E-state index in [-0.39, 0.29) is 64.2 Å². The zero-order valence-corrected chi connectivity index (χ0v) is 28.5. The van der Waals surface area contributed by atoms with E-state index in [9.17, 15) is 33.4 Å². The van der Waals surface area contributed by atoms with Crippen LogP contribution in [0.15, 0.2) is 103 Å². The van der Waals surface area contributed by atoms with Crippen LogP contribution in [-0.4, -0.2) is 73.9 Å². The maximum Gasteiger partial charge on any atom is 0.337 e. The molecule has 19 heteroatoms. The number of imidazole rings is 1. The van der Waals surface area contributed by atoms with E-state index in [0.29, 0.717) is 0 Å². The number of halogens is 2. The minimum absolute atomic E-state index is 0.0292. The number of rotatable bonds is 15. The minimum atomic E-state index is -1.49. The molecule has 0 aliphatic rings. The Kier molecular flexibility index (Phi) is 16.1. The van der Waals surface area contributed by atoms with Gasteiger partial charge in [0.15, 0.2) is 0 Å². The third-order valence-electron chi connectivity index (χ3n) is 6.78. The van der Waals surface area contributed by atoms with Crippen molar-refractivity contribution in [2.45, 2.75) is 13.1 Å². The van der Waals surface area contributed by atoms with Gasteiger partial charge < -0.3 is 48.5 Å². The number of carbonyl (C=O) groups excluding carboxylic acids is 1. The van der Waals surface area contributed by atoms with Gasteiger partial charge in [-0.15, -0.1) is 0 Å². The molecule has 0 radical (unpaired) electrons. The molecule has 0 saturated heterocycles. The number of nitrogens with two attached hydrogens (primary N) is 3. The predicted molar refractivity (Wildman–Crippen MR) is 197 cm³/mol. The van der Waals surface area contributed by atoms with E-state index in [0.717, 1.165) is 24.5 Å². The minimum Gasteiger partial charge on any atom is -0.513 e. The number of nitrogens with one attached hydrogen (secondary N) is 4. The van der Waals surface area contributed by atoms with Crippen LogP contribution >= 0.6 is 0 Å². The summed E-state index contributed by atoms with van der Waals surface area (Å²) in [5, 5.41) is 42.5. The van der Waals surface area contributed by atoms with Crippen molar-refractivity contribution >= 4 is 47.2 Å². The number of allylic oxidation sites excluding steroid dienone is 3. The number of nitrogens with zero attached hydrogens (tertiary/aromatic N) is 4. The number of aliphatic hydroxyl groups excluding tert-OH is 1. The second kappa shape index (κ2) is 20.4. The number of carboxylic acids is 2. The van der Waals surface area contributed by atoms with Gasteiger partial charge in [-0.05, 0) is 48.6 Å². The maximum atomic E-state index is 14.7. The van der Waals surface area contributed by atoms with Crippen LogP contribution in [0.1, 0.15) is 31.8 Å². The van der Waals surface area contributed by atoms with E-state index in [2.05, 4.69) is 32.5 Å². The number of carbonyl (C=O) groups is 3. The van der Waals surface area contributed by atoms with Crippen molar-refractivity contribution in [2.75, 3.05) is 24.7 Å². The molecule has 3 aromatic rings. The van der Waals surface area contributed by atoms with Crippen molar-refractivity contribution in [3.05, 3.63) is 132 Å². The van der Waals surface area contributed by atoms with Gasteiger partial charge in [-0.25, -0.2) is 23.4 Å². The van der Waals surface area contributed by atoms with Gasteiger partial charge in [0, 0.05) is 62.6 Å². The Hall–Kier alpha value is -7.28. The monoisotopic (exact) mass is 735 g/mol. The number of amides is 1. The third-order valence-corrected chi connectivity index (χ3v) is 6.78. The third kappa shape index (κ3) is 12.5. The Morgan fingerprint density at radius 3 is 2.08 bits per heavy atom. The summed E-state index contributed by atoms with van der Waals surface area (Å²) in [6.45, 7) is 3.22. The molecule has 1 aromatic heterocycles. The van der Waals surface area contributed by atoms with E-state index in [1.807, 2.05) is 0 Å². The molecule has 0 bridgehead atoms. The van der Waals surface area contributed by atoms with Gasteiger partial charge in [0.25, 0.3) is 5.91 Å². The Morgan fingerprint density at radius 1 is 1.00 bits per heavy atom. The predicted octanol–water partition coefficient (Wildman–Crippen LogP) is 3.11. The number of amidine groups is 1. The zero-order valence-electron chi connectivity index (χ0n) is 28.5. The van der Waals surface area contributed by atoms with Crippen LogP contribution in [0.4, 0.5) is 20.2 Å². The molecule has 1 heterocycles. The van der Waals surface area contributed by atoms with Gasteiger partial charge in [-0.3, -0.25) is 24.7 Å². The van der Waals surface area contributed by atoms with Crippen LogP contribution in [-0.2, 0) is 17.9 Å². The van der Waals surface area contributed by atoms with Crippen LogP contribution < -0.4 is 33.2 Å². The van der Waals surface area contributed by atoms with Crippen molar-refractivity contribution in [3.8, 4) is 0 Å². The molecule has 3 rings (SSSR count). The summed E-state index contributed by atoms with van der Waals surface area (Å²) in [6, 6.07) is 4.05. The highest BCUT2D eigenvalue weighted by Crippen LogP contribution is 2.23. The molecule has 0 saturated carbocycles. The van der Waals surface area contributed by atoms with Crippen LogP contribution in [0.25, 0.3) is 5.82 Å². The lowest BCUT2D eigenvalue weighted by molar-refractivity contribution is -0.112. The summed E-state index contributed by atoms with van der Waals surface area (Å²) < 4.78 is 30.5. The summed E-state index contributed by atoms with van der Waals surface area (Å²) in [7, 11) is 3.08. The van der Waals surface area contributed by atoms with Crippen molar-refractivity contribution in [3.63, 3.8) is 0 Å². The van der Waals surface area contributed by atoms with Crippen molar-refractivity contribution in [1.82, 2.24) is 19.8 Å². The number of aromatic nitrogens is 2. The van der Waals surface area contributed by atoms with Gasteiger partial charge in [0.2, 0.25) is 0 Å². The molecule has 0 unspecified atom stereocenters. The Balaban J connectivity index is 0.000000587. The summed E-state index contributed by atoms with van der Waals surface area (Å²) in [4.78, 5) is 44.5. The van der Waals surface area contributed by atoms with E-state index < -0.39 is 35.0 Å². The SMILES string of the molecule is C=CN(C=NC)C(=N)/C=C\C(N)=C\O.CNc1cc(CNCc2cc(NC(=O)/C(N)=C/C=C(\N)n3ccnc3)c(C(=O)O)cc2F)c(F)cc1C(=O)O. The Labute approximate surface area is 302 Å². The van der Waals surface area contributed by atoms with E-state index in [4.69, 9.17) is 27.7 Å². The smallest absolute Gasteiger partial charge is 0.337 e. The first-order valence-electron chi connectivity index (χ1n) is 15.1. The lowest BCUT2D eigenvalue weighted by Crippen LogP contribution is -2.22. The number of aliphatic imine (C=N–C) groups is 1. The number of anilines is 2. The highest BCUT2D eigenvalue weighted by Gasteiger charge is 2.19. The number of aliphatic hydroxyl groups is 1. The fourth-order valence-corrected chi connectivity index (χ4v) is 4.08. The van der Waals surface area contributed by atoms with E-state index in [1.54, 1.807) is 13.2 Å². The number of hydrogen-bond acceptors (Lipinski definition) is 12. The zero-order chi connectivity index (χ0) is 39.7. The van der Waals surface area contributed by atoms with Crippen molar-refractivity contribution in [1.29, 1.82) is 5.41 Å². The van der Waals surface area contributed by atoms with Crippen LogP contribution in [0.5, 0.6) is 0 Å². The van der Waals surface area contributed by atoms with E-state index >= 15 is 0 Å². The molecule has 1 amide bonds. The molecule has 0 aliphatic heterocycles. The molecule has 280 valence electrons. The number of carboxylic acid groups (broad SMARTS) is 2. The molecule has 13 N–H and O–H groups in total. The Bertz CT molecular complexity index is 1970. The first kappa shape index (κ1) is 41.9.